The summed E-state index contributed by atoms with van der Waals surface area (Å²) >= 11 is 3.42. The van der Waals surface area contributed by atoms with Crippen molar-refractivity contribution in [2.45, 2.75) is 6.54 Å². The molecule has 0 radical (unpaired) electrons. The van der Waals surface area contributed by atoms with Crippen molar-refractivity contribution in [3.05, 3.63) is 58.6 Å². The van der Waals surface area contributed by atoms with Crippen molar-refractivity contribution in [1.29, 1.82) is 0 Å². The molecule has 0 saturated heterocycles. The highest BCUT2D eigenvalue weighted by Gasteiger charge is 2.11. The van der Waals surface area contributed by atoms with Crippen LogP contribution in [0.5, 0.6) is 5.75 Å². The number of halogens is 1. The Balaban J connectivity index is 1.83. The summed E-state index contributed by atoms with van der Waals surface area (Å²) in [5, 5.41) is 2.90. The standard InChI is InChI=1S/C17H19BrN2O2/c1-20(11-13-3-5-14(18)6-4-13)12-17(21)19-15-7-9-16(22-2)10-8-15/h3-10H,11-12H2,1-2H3,(H,19,21)/p+1. The van der Waals surface area contributed by atoms with Gasteiger partial charge >= 0.3 is 0 Å². The number of benzene rings is 2. The van der Waals surface area contributed by atoms with Gasteiger partial charge < -0.3 is 15.0 Å². The maximum Gasteiger partial charge on any atom is 0.279 e. The molecule has 0 fully saturated rings. The van der Waals surface area contributed by atoms with Gasteiger partial charge in [-0.2, -0.15) is 0 Å². The van der Waals surface area contributed by atoms with Crippen LogP contribution in [0, 0.1) is 0 Å². The van der Waals surface area contributed by atoms with E-state index in [9.17, 15) is 4.79 Å². The van der Waals surface area contributed by atoms with Crippen LogP contribution < -0.4 is 15.0 Å². The number of carbonyl (C=O) groups is 1. The number of rotatable bonds is 6. The molecule has 1 amide bonds. The molecule has 2 rings (SSSR count). The van der Waals surface area contributed by atoms with E-state index in [4.69, 9.17) is 4.74 Å². The summed E-state index contributed by atoms with van der Waals surface area (Å²) in [6.45, 7) is 1.23. The lowest BCUT2D eigenvalue weighted by atomic mass is 10.2. The second kappa shape index (κ2) is 7.96. The fraction of sp³-hybridized carbons (Fsp3) is 0.235. The first-order valence-electron chi connectivity index (χ1n) is 7.06. The number of nitrogens with one attached hydrogen (secondary N) is 2. The SMILES string of the molecule is COc1ccc(NC(=O)C[NH+](C)Cc2ccc(Br)cc2)cc1. The highest BCUT2D eigenvalue weighted by atomic mass is 79.9. The Morgan fingerprint density at radius 3 is 2.36 bits per heavy atom. The summed E-state index contributed by atoms with van der Waals surface area (Å²) in [4.78, 5) is 13.2. The maximum absolute atomic E-state index is 12.1. The van der Waals surface area contributed by atoms with E-state index in [1.807, 2.05) is 43.4 Å². The quantitative estimate of drug-likeness (QED) is 0.825. The Bertz CT molecular complexity index is 612. The first kappa shape index (κ1) is 16.5. The van der Waals surface area contributed by atoms with E-state index < -0.39 is 0 Å². The van der Waals surface area contributed by atoms with Gasteiger partial charge in [-0.05, 0) is 36.4 Å². The van der Waals surface area contributed by atoms with E-state index in [0.717, 1.165) is 27.4 Å². The lowest BCUT2D eigenvalue weighted by Gasteiger charge is -2.14. The second-order valence-corrected chi connectivity index (χ2v) is 6.13. The minimum atomic E-state index is -0.000205. The lowest BCUT2D eigenvalue weighted by Crippen LogP contribution is -3.08. The minimum Gasteiger partial charge on any atom is -0.497 e. The molecule has 22 heavy (non-hydrogen) atoms. The molecule has 0 heterocycles. The fourth-order valence-electron chi connectivity index (χ4n) is 2.17. The van der Waals surface area contributed by atoms with Crippen LogP contribution in [0.25, 0.3) is 0 Å². The van der Waals surface area contributed by atoms with Crippen LogP contribution in [0.4, 0.5) is 5.69 Å². The first-order valence-corrected chi connectivity index (χ1v) is 7.86. The Labute approximate surface area is 139 Å². The van der Waals surface area contributed by atoms with Crippen molar-refractivity contribution in [3.63, 3.8) is 0 Å². The Morgan fingerprint density at radius 2 is 1.77 bits per heavy atom. The number of likely N-dealkylation sites (N-methyl/N-ethyl adjacent to an activating group) is 1. The molecular formula is C17H20BrN2O2+. The van der Waals surface area contributed by atoms with Crippen LogP contribution in [-0.4, -0.2) is 26.6 Å². The van der Waals surface area contributed by atoms with Gasteiger partial charge in [-0.15, -0.1) is 0 Å². The molecule has 0 spiro atoms. The van der Waals surface area contributed by atoms with Crippen LogP contribution in [0.3, 0.4) is 0 Å². The molecule has 2 aromatic carbocycles. The summed E-state index contributed by atoms with van der Waals surface area (Å²) in [5.41, 5.74) is 1.99. The molecule has 4 nitrogen and oxygen atoms in total. The van der Waals surface area contributed by atoms with Gasteiger partial charge in [-0.25, -0.2) is 0 Å². The molecule has 2 N–H and O–H groups in total. The van der Waals surface area contributed by atoms with Crippen LogP contribution in [0.15, 0.2) is 53.0 Å². The highest BCUT2D eigenvalue weighted by Crippen LogP contribution is 2.14. The Kier molecular flexibility index (Phi) is 5.98. The first-order chi connectivity index (χ1) is 10.6. The third kappa shape index (κ3) is 5.16. The van der Waals surface area contributed by atoms with Crippen LogP contribution >= 0.6 is 15.9 Å². The van der Waals surface area contributed by atoms with E-state index in [1.165, 1.54) is 5.56 Å². The van der Waals surface area contributed by atoms with E-state index in [-0.39, 0.29) is 5.91 Å². The smallest absolute Gasteiger partial charge is 0.279 e. The second-order valence-electron chi connectivity index (χ2n) is 5.21. The van der Waals surface area contributed by atoms with Crippen LogP contribution in [-0.2, 0) is 11.3 Å². The molecule has 0 aliphatic heterocycles. The van der Waals surface area contributed by atoms with E-state index >= 15 is 0 Å². The van der Waals surface area contributed by atoms with E-state index in [0.29, 0.717) is 6.54 Å². The molecular weight excluding hydrogens is 344 g/mol. The predicted molar refractivity (Wildman–Crippen MR) is 91.2 cm³/mol. The largest absolute Gasteiger partial charge is 0.497 e. The van der Waals surface area contributed by atoms with E-state index in [1.54, 1.807) is 7.11 Å². The number of anilines is 1. The van der Waals surface area contributed by atoms with Gasteiger partial charge in [-0.3, -0.25) is 4.79 Å². The average Bonchev–Trinajstić information content (AvgIpc) is 2.50. The summed E-state index contributed by atoms with van der Waals surface area (Å²) in [5.74, 6) is 0.774. The van der Waals surface area contributed by atoms with Gasteiger partial charge in [0.15, 0.2) is 6.54 Å². The summed E-state index contributed by atoms with van der Waals surface area (Å²) < 4.78 is 6.15. The van der Waals surface area contributed by atoms with Crippen LogP contribution in [0.1, 0.15) is 5.56 Å². The topological polar surface area (TPSA) is 42.8 Å². The summed E-state index contributed by atoms with van der Waals surface area (Å²) in [6.07, 6.45) is 0. The Morgan fingerprint density at radius 1 is 1.14 bits per heavy atom. The third-order valence-electron chi connectivity index (χ3n) is 3.26. The lowest BCUT2D eigenvalue weighted by molar-refractivity contribution is -0.885. The number of hydrogen-bond acceptors (Lipinski definition) is 2. The van der Waals surface area contributed by atoms with Gasteiger partial charge in [0.25, 0.3) is 5.91 Å². The number of carbonyl (C=O) groups excluding carboxylic acids is 1. The van der Waals surface area contributed by atoms with Gasteiger partial charge in [0.2, 0.25) is 0 Å². The predicted octanol–water partition coefficient (Wildman–Crippen LogP) is 2.11. The Hall–Kier alpha value is -1.85. The van der Waals surface area contributed by atoms with Crippen molar-refractivity contribution in [1.82, 2.24) is 0 Å². The van der Waals surface area contributed by atoms with Crippen molar-refractivity contribution in [2.75, 3.05) is 26.0 Å². The highest BCUT2D eigenvalue weighted by molar-refractivity contribution is 9.10. The van der Waals surface area contributed by atoms with Crippen molar-refractivity contribution in [3.8, 4) is 5.75 Å². The molecule has 5 heteroatoms. The zero-order valence-electron chi connectivity index (χ0n) is 12.7. The zero-order chi connectivity index (χ0) is 15.9. The van der Waals surface area contributed by atoms with Gasteiger partial charge in [0, 0.05) is 15.7 Å². The van der Waals surface area contributed by atoms with Gasteiger partial charge in [-0.1, -0.05) is 28.1 Å². The normalized spacial score (nSPS) is 11.8. The van der Waals surface area contributed by atoms with Crippen molar-refractivity contribution in [2.24, 2.45) is 0 Å². The zero-order valence-corrected chi connectivity index (χ0v) is 14.3. The third-order valence-corrected chi connectivity index (χ3v) is 3.78. The number of amides is 1. The molecule has 0 aliphatic carbocycles. The van der Waals surface area contributed by atoms with Crippen molar-refractivity contribution >= 4 is 27.5 Å². The molecule has 116 valence electrons. The van der Waals surface area contributed by atoms with Crippen LogP contribution in [0.2, 0.25) is 0 Å². The molecule has 2 aromatic rings. The van der Waals surface area contributed by atoms with Gasteiger partial charge in [0.05, 0.1) is 14.2 Å². The number of hydrogen-bond donors (Lipinski definition) is 2. The van der Waals surface area contributed by atoms with E-state index in [2.05, 4.69) is 33.4 Å². The molecule has 0 bridgehead atoms. The minimum absolute atomic E-state index is 0.000205. The van der Waals surface area contributed by atoms with Crippen molar-refractivity contribution < 1.29 is 14.4 Å². The van der Waals surface area contributed by atoms with Gasteiger partial charge in [0.1, 0.15) is 12.3 Å². The monoisotopic (exact) mass is 363 g/mol. The average molecular weight is 364 g/mol. The number of ether oxygens (including phenoxy) is 1. The summed E-state index contributed by atoms with van der Waals surface area (Å²) in [7, 11) is 3.63. The maximum atomic E-state index is 12.1. The summed E-state index contributed by atoms with van der Waals surface area (Å²) in [6, 6.07) is 15.5. The fourth-order valence-corrected chi connectivity index (χ4v) is 2.43. The number of quaternary nitrogens is 1. The molecule has 1 atom stereocenters. The molecule has 0 saturated carbocycles. The number of methoxy groups -OCH3 is 1. The molecule has 0 aromatic heterocycles. The molecule has 1 unspecified atom stereocenters. The molecule has 0 aliphatic rings.